The van der Waals surface area contributed by atoms with E-state index in [1.165, 1.54) is 10.5 Å². The Labute approximate surface area is 177 Å². The fraction of sp³-hybridized carbons (Fsp3) is 0.333. The Morgan fingerprint density at radius 1 is 0.933 bits per heavy atom. The molecule has 6 nitrogen and oxygen atoms in total. The lowest BCUT2D eigenvalue weighted by molar-refractivity contribution is -0.137. The molecule has 3 rings (SSSR count). The van der Waals surface area contributed by atoms with E-state index in [0.717, 1.165) is 12.1 Å². The Kier molecular flexibility index (Phi) is 7.25. The highest BCUT2D eigenvalue weighted by Gasteiger charge is 2.38. The van der Waals surface area contributed by atoms with Crippen molar-refractivity contribution in [1.82, 2.24) is 4.90 Å². The molecular weight excluding hydrogens is 380 g/mol. The Hall–Kier alpha value is -3.12. The number of anilines is 1. The van der Waals surface area contributed by atoms with Gasteiger partial charge in [-0.25, -0.2) is 0 Å². The topological polar surface area (TPSA) is 67.9 Å². The third-order valence-corrected chi connectivity index (χ3v) is 5.05. The number of ether oxygens (including phenoxy) is 2. The second kappa shape index (κ2) is 10.1. The molecule has 0 radical (unpaired) electrons. The van der Waals surface area contributed by atoms with E-state index < -0.39 is 0 Å². The average molecular weight is 408 g/mol. The van der Waals surface area contributed by atoms with E-state index in [0.29, 0.717) is 48.8 Å². The van der Waals surface area contributed by atoms with Gasteiger partial charge in [0.25, 0.3) is 11.8 Å². The van der Waals surface area contributed by atoms with Gasteiger partial charge in [-0.05, 0) is 55.2 Å². The molecule has 1 heterocycles. The minimum atomic E-state index is -0.318. The second-order valence-corrected chi connectivity index (χ2v) is 6.97. The maximum atomic E-state index is 13.2. The van der Waals surface area contributed by atoms with E-state index in [1.54, 1.807) is 31.4 Å². The number of amides is 2. The van der Waals surface area contributed by atoms with Gasteiger partial charge in [-0.2, -0.15) is 0 Å². The van der Waals surface area contributed by atoms with E-state index in [4.69, 9.17) is 9.47 Å². The molecule has 0 saturated heterocycles. The first-order valence-electron chi connectivity index (χ1n) is 10.3. The summed E-state index contributed by atoms with van der Waals surface area (Å²) >= 11 is 0. The van der Waals surface area contributed by atoms with Gasteiger partial charge < -0.3 is 14.8 Å². The van der Waals surface area contributed by atoms with Crippen molar-refractivity contribution in [2.45, 2.75) is 26.7 Å². The van der Waals surface area contributed by atoms with Crippen LogP contribution in [0.5, 0.6) is 5.75 Å². The molecule has 1 N–H and O–H groups in total. The van der Waals surface area contributed by atoms with Crippen LogP contribution in [0, 0.1) is 0 Å². The van der Waals surface area contributed by atoms with Gasteiger partial charge in [-0.1, -0.05) is 31.2 Å². The Bertz CT molecular complexity index is 917. The number of methoxy groups -OCH3 is 1. The highest BCUT2D eigenvalue weighted by molar-refractivity contribution is 6.36. The number of nitrogens with one attached hydrogen (secondary N) is 1. The fourth-order valence-corrected chi connectivity index (χ4v) is 3.36. The zero-order valence-electron chi connectivity index (χ0n) is 17.7. The smallest absolute Gasteiger partial charge is 0.278 e. The van der Waals surface area contributed by atoms with Gasteiger partial charge in [0.15, 0.2) is 0 Å². The molecule has 6 heteroatoms. The van der Waals surface area contributed by atoms with Crippen molar-refractivity contribution < 1.29 is 19.1 Å². The molecular formula is C24H28N2O4. The molecule has 2 amide bonds. The van der Waals surface area contributed by atoms with Gasteiger partial charge in [0.05, 0.1) is 12.7 Å². The summed E-state index contributed by atoms with van der Waals surface area (Å²) in [5.41, 5.74) is 3.32. The summed E-state index contributed by atoms with van der Waals surface area (Å²) in [7, 11) is 1.59. The minimum Gasteiger partial charge on any atom is -0.497 e. The Morgan fingerprint density at radius 2 is 1.63 bits per heavy atom. The van der Waals surface area contributed by atoms with Crippen molar-refractivity contribution in [3.05, 3.63) is 65.4 Å². The summed E-state index contributed by atoms with van der Waals surface area (Å²) in [5.74, 6) is 0.0746. The summed E-state index contributed by atoms with van der Waals surface area (Å²) in [6, 6.07) is 15.0. The lowest BCUT2D eigenvalue weighted by Gasteiger charge is -2.15. The van der Waals surface area contributed by atoms with Crippen LogP contribution in [-0.4, -0.2) is 43.6 Å². The summed E-state index contributed by atoms with van der Waals surface area (Å²) in [6.45, 7) is 5.44. The highest BCUT2D eigenvalue weighted by Crippen LogP contribution is 2.31. The largest absolute Gasteiger partial charge is 0.497 e. The molecule has 1 aliphatic rings. The molecule has 2 aromatic carbocycles. The van der Waals surface area contributed by atoms with E-state index in [9.17, 15) is 9.59 Å². The molecule has 0 spiro atoms. The average Bonchev–Trinajstić information content (AvgIpc) is 3.01. The maximum absolute atomic E-state index is 13.2. The predicted octanol–water partition coefficient (Wildman–Crippen LogP) is 3.88. The summed E-state index contributed by atoms with van der Waals surface area (Å²) < 4.78 is 10.6. The first-order chi connectivity index (χ1) is 14.6. The monoisotopic (exact) mass is 408 g/mol. The molecule has 0 saturated carbocycles. The molecule has 0 bridgehead atoms. The molecule has 2 aromatic rings. The molecule has 158 valence electrons. The van der Waals surface area contributed by atoms with Gasteiger partial charge in [-0.3, -0.25) is 14.5 Å². The van der Waals surface area contributed by atoms with Crippen LogP contribution in [0.4, 0.5) is 5.69 Å². The van der Waals surface area contributed by atoms with Gasteiger partial charge in [0.1, 0.15) is 11.4 Å². The molecule has 1 aliphatic heterocycles. The lowest BCUT2D eigenvalue weighted by Crippen LogP contribution is -2.34. The second-order valence-electron chi connectivity index (χ2n) is 6.97. The summed E-state index contributed by atoms with van der Waals surface area (Å²) in [4.78, 5) is 27.6. The van der Waals surface area contributed by atoms with Crippen molar-refractivity contribution >= 4 is 23.1 Å². The molecule has 0 atom stereocenters. The molecule has 30 heavy (non-hydrogen) atoms. The lowest BCUT2D eigenvalue weighted by atomic mass is 10.0. The van der Waals surface area contributed by atoms with Crippen molar-refractivity contribution in [1.29, 1.82) is 0 Å². The van der Waals surface area contributed by atoms with Crippen LogP contribution in [0.2, 0.25) is 0 Å². The number of nitrogens with zero attached hydrogens (tertiary/aromatic N) is 1. The van der Waals surface area contributed by atoms with Crippen LogP contribution in [-0.2, 0) is 20.7 Å². The van der Waals surface area contributed by atoms with Crippen LogP contribution in [0.15, 0.2) is 54.2 Å². The zero-order valence-corrected chi connectivity index (χ0v) is 17.7. The quantitative estimate of drug-likeness (QED) is 0.477. The van der Waals surface area contributed by atoms with E-state index in [1.807, 2.05) is 31.2 Å². The number of hydrogen-bond acceptors (Lipinski definition) is 5. The van der Waals surface area contributed by atoms with Crippen molar-refractivity contribution in [2.75, 3.05) is 32.2 Å². The molecule has 0 aromatic heterocycles. The van der Waals surface area contributed by atoms with Crippen LogP contribution in [0.25, 0.3) is 5.57 Å². The number of rotatable bonds is 10. The Balaban J connectivity index is 1.92. The number of hydrogen-bond donors (Lipinski definition) is 1. The first kappa shape index (κ1) is 21.6. The van der Waals surface area contributed by atoms with Crippen LogP contribution >= 0.6 is 0 Å². The third-order valence-electron chi connectivity index (χ3n) is 5.05. The third kappa shape index (κ3) is 4.71. The van der Waals surface area contributed by atoms with Gasteiger partial charge in [0.2, 0.25) is 0 Å². The van der Waals surface area contributed by atoms with Gasteiger partial charge in [-0.15, -0.1) is 0 Å². The normalized spacial score (nSPS) is 13.9. The standard InChI is InChI=1S/C24H28N2O4/c1-4-17-7-11-19(12-8-17)25-22-21(18-9-13-20(29-3)14-10-18)23(27)26(24(22)28)15-6-16-30-5-2/h7-14,25H,4-6,15-16H2,1-3H3. The van der Waals surface area contributed by atoms with Crippen molar-refractivity contribution in [3.8, 4) is 5.75 Å². The number of imide groups is 1. The van der Waals surface area contributed by atoms with Gasteiger partial charge in [0, 0.05) is 25.4 Å². The molecule has 0 unspecified atom stereocenters. The van der Waals surface area contributed by atoms with Crippen LogP contribution in [0.3, 0.4) is 0 Å². The summed E-state index contributed by atoms with van der Waals surface area (Å²) in [6.07, 6.45) is 1.53. The van der Waals surface area contributed by atoms with Crippen molar-refractivity contribution in [3.63, 3.8) is 0 Å². The minimum absolute atomic E-state index is 0.297. The van der Waals surface area contributed by atoms with E-state index in [-0.39, 0.29) is 11.8 Å². The molecule has 0 fully saturated rings. The van der Waals surface area contributed by atoms with Gasteiger partial charge >= 0.3 is 0 Å². The van der Waals surface area contributed by atoms with Crippen molar-refractivity contribution in [2.24, 2.45) is 0 Å². The van der Waals surface area contributed by atoms with Crippen LogP contribution in [0.1, 0.15) is 31.4 Å². The molecule has 0 aliphatic carbocycles. The predicted molar refractivity (Wildman–Crippen MR) is 117 cm³/mol. The first-order valence-corrected chi connectivity index (χ1v) is 10.3. The zero-order chi connectivity index (χ0) is 21.5. The van der Waals surface area contributed by atoms with Crippen LogP contribution < -0.4 is 10.1 Å². The highest BCUT2D eigenvalue weighted by atomic mass is 16.5. The van der Waals surface area contributed by atoms with E-state index in [2.05, 4.69) is 12.2 Å². The SMILES string of the molecule is CCOCCCN1C(=O)C(Nc2ccc(CC)cc2)=C(c2ccc(OC)cc2)C1=O. The summed E-state index contributed by atoms with van der Waals surface area (Å²) in [5, 5.41) is 3.19. The number of benzene rings is 2. The Morgan fingerprint density at radius 3 is 2.23 bits per heavy atom. The van der Waals surface area contributed by atoms with E-state index >= 15 is 0 Å². The number of carbonyl (C=O) groups excluding carboxylic acids is 2. The maximum Gasteiger partial charge on any atom is 0.278 e. The fourth-order valence-electron chi connectivity index (χ4n) is 3.36. The number of carbonyl (C=O) groups is 2. The number of aryl methyl sites for hydroxylation is 1.